The Labute approximate surface area is 100 Å². The number of likely N-dealkylation sites (N-methyl/N-ethyl adjacent to an activating group) is 1. The second-order valence-electron chi connectivity index (χ2n) is 4.36. The number of aromatic nitrogens is 1. The zero-order chi connectivity index (χ0) is 12.4. The van der Waals surface area contributed by atoms with Crippen molar-refractivity contribution >= 4 is 10.9 Å². The van der Waals surface area contributed by atoms with Gasteiger partial charge in [0.15, 0.2) is 0 Å². The lowest BCUT2D eigenvalue weighted by molar-refractivity contribution is 0.0211. The molecule has 4 nitrogen and oxygen atoms in total. The van der Waals surface area contributed by atoms with E-state index in [0.29, 0.717) is 6.54 Å². The molecule has 0 amide bonds. The maximum atomic E-state index is 10.1. The molecule has 0 fully saturated rings. The number of aromatic amines is 1. The fourth-order valence-electron chi connectivity index (χ4n) is 2.04. The van der Waals surface area contributed by atoms with Gasteiger partial charge in [0.05, 0.1) is 6.10 Å². The Balaban J connectivity index is 2.35. The van der Waals surface area contributed by atoms with E-state index in [4.69, 9.17) is 0 Å². The van der Waals surface area contributed by atoms with E-state index in [1.165, 1.54) is 0 Å². The zero-order valence-corrected chi connectivity index (χ0v) is 10.1. The van der Waals surface area contributed by atoms with Crippen molar-refractivity contribution in [2.24, 2.45) is 0 Å². The van der Waals surface area contributed by atoms with E-state index in [-0.39, 0.29) is 0 Å². The Bertz CT molecular complexity index is 507. The van der Waals surface area contributed by atoms with Crippen LogP contribution in [0, 0.1) is 6.92 Å². The second kappa shape index (κ2) is 4.87. The number of rotatable bonds is 4. The number of aliphatic hydroxyl groups excluding tert-OH is 2. The highest BCUT2D eigenvalue weighted by Gasteiger charge is 2.20. The largest absolute Gasteiger partial charge is 0.389 e. The van der Waals surface area contributed by atoms with Crippen LogP contribution < -0.4 is 5.32 Å². The standard InChI is InChI=1S/C13H18N2O2/c1-8-3-4-9-10(6-15-11(9)5-8)13(17)12(16)7-14-2/h3-6,12-17H,7H2,1-2H3. The van der Waals surface area contributed by atoms with Gasteiger partial charge >= 0.3 is 0 Å². The first-order chi connectivity index (χ1) is 8.13. The Hall–Kier alpha value is -1.36. The van der Waals surface area contributed by atoms with Crippen LogP contribution in [0.5, 0.6) is 0 Å². The first kappa shape index (κ1) is 12.1. The predicted molar refractivity (Wildman–Crippen MR) is 67.9 cm³/mol. The quantitative estimate of drug-likeness (QED) is 0.640. The molecule has 1 aromatic heterocycles. The van der Waals surface area contributed by atoms with Gasteiger partial charge in [-0.15, -0.1) is 0 Å². The number of aliphatic hydroxyl groups is 2. The molecule has 2 atom stereocenters. The van der Waals surface area contributed by atoms with Crippen molar-refractivity contribution in [3.63, 3.8) is 0 Å². The van der Waals surface area contributed by atoms with E-state index < -0.39 is 12.2 Å². The molecular weight excluding hydrogens is 216 g/mol. The summed E-state index contributed by atoms with van der Waals surface area (Å²) in [6.07, 6.45) is 0.0763. The molecule has 2 aromatic rings. The van der Waals surface area contributed by atoms with Gasteiger partial charge in [0.25, 0.3) is 0 Å². The van der Waals surface area contributed by atoms with Crippen LogP contribution >= 0.6 is 0 Å². The predicted octanol–water partition coefficient (Wildman–Crippen LogP) is 1.09. The van der Waals surface area contributed by atoms with Gasteiger partial charge in [-0.1, -0.05) is 12.1 Å². The molecule has 4 N–H and O–H groups in total. The van der Waals surface area contributed by atoms with Crippen molar-refractivity contribution in [3.8, 4) is 0 Å². The van der Waals surface area contributed by atoms with Gasteiger partial charge in [-0.3, -0.25) is 0 Å². The lowest BCUT2D eigenvalue weighted by Gasteiger charge is -2.16. The van der Waals surface area contributed by atoms with Crippen LogP contribution in [0.1, 0.15) is 17.2 Å². The molecule has 0 radical (unpaired) electrons. The van der Waals surface area contributed by atoms with Crippen LogP contribution in [0.3, 0.4) is 0 Å². The summed E-state index contributed by atoms with van der Waals surface area (Å²) in [5, 5.41) is 23.6. The zero-order valence-electron chi connectivity index (χ0n) is 10.1. The van der Waals surface area contributed by atoms with Crippen LogP contribution in [-0.2, 0) is 0 Å². The summed E-state index contributed by atoms with van der Waals surface area (Å²) in [7, 11) is 1.74. The molecule has 2 rings (SSSR count). The molecule has 0 aliphatic heterocycles. The first-order valence-corrected chi connectivity index (χ1v) is 5.72. The van der Waals surface area contributed by atoms with Crippen molar-refractivity contribution in [2.45, 2.75) is 19.1 Å². The number of aryl methyl sites for hydroxylation is 1. The number of hydrogen-bond acceptors (Lipinski definition) is 3. The Morgan fingerprint density at radius 2 is 2.12 bits per heavy atom. The van der Waals surface area contributed by atoms with Crippen LogP contribution in [0.25, 0.3) is 10.9 Å². The summed E-state index contributed by atoms with van der Waals surface area (Å²) in [6, 6.07) is 5.98. The lowest BCUT2D eigenvalue weighted by atomic mass is 10.0. The van der Waals surface area contributed by atoms with Gasteiger partial charge in [0, 0.05) is 29.2 Å². The molecule has 0 spiro atoms. The van der Waals surface area contributed by atoms with Gasteiger partial charge in [-0.25, -0.2) is 0 Å². The fraction of sp³-hybridized carbons (Fsp3) is 0.385. The van der Waals surface area contributed by atoms with Gasteiger partial charge in [0.1, 0.15) is 6.10 Å². The van der Waals surface area contributed by atoms with Crippen molar-refractivity contribution in [2.75, 3.05) is 13.6 Å². The van der Waals surface area contributed by atoms with E-state index in [9.17, 15) is 10.2 Å². The van der Waals surface area contributed by atoms with Gasteiger partial charge in [-0.05, 0) is 25.6 Å². The molecule has 17 heavy (non-hydrogen) atoms. The number of H-pyrrole nitrogens is 1. The van der Waals surface area contributed by atoms with E-state index >= 15 is 0 Å². The van der Waals surface area contributed by atoms with Crippen LogP contribution in [0.2, 0.25) is 0 Å². The van der Waals surface area contributed by atoms with Crippen LogP contribution in [0.4, 0.5) is 0 Å². The Morgan fingerprint density at radius 1 is 1.35 bits per heavy atom. The molecule has 92 valence electrons. The monoisotopic (exact) mass is 234 g/mol. The number of benzene rings is 1. The lowest BCUT2D eigenvalue weighted by Crippen LogP contribution is -2.29. The minimum atomic E-state index is -0.876. The third kappa shape index (κ3) is 2.34. The fourth-order valence-corrected chi connectivity index (χ4v) is 2.04. The molecule has 4 heteroatoms. The Morgan fingerprint density at radius 3 is 2.82 bits per heavy atom. The maximum absolute atomic E-state index is 10.1. The summed E-state index contributed by atoms with van der Waals surface area (Å²) in [4.78, 5) is 3.12. The summed E-state index contributed by atoms with van der Waals surface area (Å²) in [5.41, 5.74) is 2.88. The highest BCUT2D eigenvalue weighted by atomic mass is 16.3. The molecule has 0 aliphatic carbocycles. The average Bonchev–Trinajstić information content (AvgIpc) is 2.71. The van der Waals surface area contributed by atoms with Crippen LogP contribution in [0.15, 0.2) is 24.4 Å². The number of nitrogens with one attached hydrogen (secondary N) is 2. The summed E-state index contributed by atoms with van der Waals surface area (Å²) in [6.45, 7) is 2.38. The van der Waals surface area contributed by atoms with E-state index in [1.807, 2.05) is 25.1 Å². The maximum Gasteiger partial charge on any atom is 0.108 e. The molecule has 0 bridgehead atoms. The first-order valence-electron chi connectivity index (χ1n) is 5.72. The average molecular weight is 234 g/mol. The molecule has 0 aliphatic rings. The van der Waals surface area contributed by atoms with Gasteiger partial charge in [0.2, 0.25) is 0 Å². The highest BCUT2D eigenvalue weighted by Crippen LogP contribution is 2.26. The van der Waals surface area contributed by atoms with Crippen molar-refractivity contribution in [1.82, 2.24) is 10.3 Å². The molecule has 0 saturated carbocycles. The van der Waals surface area contributed by atoms with Crippen molar-refractivity contribution in [1.29, 1.82) is 0 Å². The minimum Gasteiger partial charge on any atom is -0.389 e. The van der Waals surface area contributed by atoms with E-state index in [1.54, 1.807) is 13.2 Å². The highest BCUT2D eigenvalue weighted by molar-refractivity contribution is 5.84. The van der Waals surface area contributed by atoms with Crippen molar-refractivity contribution in [3.05, 3.63) is 35.5 Å². The second-order valence-corrected chi connectivity index (χ2v) is 4.36. The molecule has 0 saturated heterocycles. The molecule has 1 aromatic carbocycles. The number of hydrogen-bond donors (Lipinski definition) is 4. The number of fused-ring (bicyclic) bond motifs is 1. The topological polar surface area (TPSA) is 68.3 Å². The SMILES string of the molecule is CNCC(O)C(O)c1c[nH]c2cc(C)ccc12. The van der Waals surface area contributed by atoms with Gasteiger partial charge < -0.3 is 20.5 Å². The van der Waals surface area contributed by atoms with E-state index in [0.717, 1.165) is 22.0 Å². The molecule has 2 unspecified atom stereocenters. The smallest absolute Gasteiger partial charge is 0.108 e. The molecular formula is C13H18N2O2. The summed E-state index contributed by atoms with van der Waals surface area (Å²) in [5.74, 6) is 0. The third-order valence-electron chi connectivity index (χ3n) is 2.97. The van der Waals surface area contributed by atoms with E-state index in [2.05, 4.69) is 10.3 Å². The normalized spacial score (nSPS) is 15.1. The minimum absolute atomic E-state index is 0.361. The summed E-state index contributed by atoms with van der Waals surface area (Å²) >= 11 is 0. The van der Waals surface area contributed by atoms with Crippen molar-refractivity contribution < 1.29 is 10.2 Å². The third-order valence-corrected chi connectivity index (χ3v) is 2.97. The summed E-state index contributed by atoms with van der Waals surface area (Å²) < 4.78 is 0. The molecule has 1 heterocycles. The van der Waals surface area contributed by atoms with Gasteiger partial charge in [-0.2, -0.15) is 0 Å². The van der Waals surface area contributed by atoms with Crippen LogP contribution in [-0.4, -0.2) is 34.9 Å². The Kier molecular flexibility index (Phi) is 3.47.